The molecule has 0 radical (unpaired) electrons. The Morgan fingerprint density at radius 2 is 2.23 bits per heavy atom. The summed E-state index contributed by atoms with van der Waals surface area (Å²) in [6.45, 7) is 1.41. The molecule has 0 saturated carbocycles. The number of aromatic nitrogens is 1. The van der Waals surface area contributed by atoms with E-state index in [1.807, 2.05) is 0 Å². The SMILES string of the molecule is Cc1cc(CS(=O)(=O)NCC2CCN(CC(F)(F)F)C2)no1. The summed E-state index contributed by atoms with van der Waals surface area (Å²) in [4.78, 5) is 1.29. The van der Waals surface area contributed by atoms with Gasteiger partial charge in [-0.25, -0.2) is 13.1 Å². The van der Waals surface area contributed by atoms with Crippen molar-refractivity contribution in [3.8, 4) is 0 Å². The van der Waals surface area contributed by atoms with Gasteiger partial charge in [-0.1, -0.05) is 5.16 Å². The van der Waals surface area contributed by atoms with Crippen molar-refractivity contribution in [2.45, 2.75) is 25.3 Å². The Bertz CT molecular complexity index is 600. The largest absolute Gasteiger partial charge is 0.401 e. The lowest BCUT2D eigenvalue weighted by atomic mass is 10.1. The van der Waals surface area contributed by atoms with Gasteiger partial charge in [0.15, 0.2) is 0 Å². The van der Waals surface area contributed by atoms with Crippen LogP contribution in [0.4, 0.5) is 13.2 Å². The van der Waals surface area contributed by atoms with E-state index in [1.165, 1.54) is 11.0 Å². The van der Waals surface area contributed by atoms with Gasteiger partial charge in [-0.05, 0) is 25.8 Å². The molecule has 0 aromatic carbocycles. The molecule has 126 valence electrons. The normalized spacial score (nSPS) is 20.6. The van der Waals surface area contributed by atoms with Crippen molar-refractivity contribution in [1.82, 2.24) is 14.8 Å². The Morgan fingerprint density at radius 3 is 2.82 bits per heavy atom. The van der Waals surface area contributed by atoms with Crippen molar-refractivity contribution in [3.63, 3.8) is 0 Å². The van der Waals surface area contributed by atoms with Crippen LogP contribution < -0.4 is 4.72 Å². The molecule has 1 atom stereocenters. The van der Waals surface area contributed by atoms with Crippen molar-refractivity contribution < 1.29 is 26.1 Å². The molecule has 1 aliphatic rings. The molecule has 0 bridgehead atoms. The van der Waals surface area contributed by atoms with Crippen LogP contribution in [0, 0.1) is 12.8 Å². The number of alkyl halides is 3. The average Bonchev–Trinajstić information content (AvgIpc) is 2.94. The van der Waals surface area contributed by atoms with Gasteiger partial charge in [-0.3, -0.25) is 4.90 Å². The molecule has 6 nitrogen and oxygen atoms in total. The highest BCUT2D eigenvalue weighted by atomic mass is 32.2. The zero-order chi connectivity index (χ0) is 16.4. The maximum absolute atomic E-state index is 12.3. The lowest BCUT2D eigenvalue weighted by Gasteiger charge is -2.17. The van der Waals surface area contributed by atoms with Crippen molar-refractivity contribution in [3.05, 3.63) is 17.5 Å². The van der Waals surface area contributed by atoms with Crippen molar-refractivity contribution in [2.24, 2.45) is 5.92 Å². The third-order valence-electron chi connectivity index (χ3n) is 3.38. The zero-order valence-electron chi connectivity index (χ0n) is 12.1. The molecule has 1 aromatic rings. The van der Waals surface area contributed by atoms with Crippen LogP contribution in [0.1, 0.15) is 17.9 Å². The molecule has 0 aliphatic carbocycles. The van der Waals surface area contributed by atoms with Crippen LogP contribution in [0.15, 0.2) is 10.6 Å². The lowest BCUT2D eigenvalue weighted by Crippen LogP contribution is -2.35. The maximum atomic E-state index is 12.3. The summed E-state index contributed by atoms with van der Waals surface area (Å²) in [6, 6.07) is 1.53. The van der Waals surface area contributed by atoms with Crippen LogP contribution in [-0.2, 0) is 15.8 Å². The summed E-state index contributed by atoms with van der Waals surface area (Å²) in [5.74, 6) is 0.100. The van der Waals surface area contributed by atoms with E-state index in [0.29, 0.717) is 24.4 Å². The number of hydrogen-bond acceptors (Lipinski definition) is 5. The van der Waals surface area contributed by atoms with Crippen molar-refractivity contribution in [1.29, 1.82) is 0 Å². The number of hydrogen-bond donors (Lipinski definition) is 1. The van der Waals surface area contributed by atoms with Crippen LogP contribution in [0.3, 0.4) is 0 Å². The quantitative estimate of drug-likeness (QED) is 0.844. The first-order chi connectivity index (χ1) is 10.1. The Balaban J connectivity index is 1.78. The molecule has 1 unspecified atom stereocenters. The van der Waals surface area contributed by atoms with Gasteiger partial charge in [-0.2, -0.15) is 13.2 Å². The zero-order valence-corrected chi connectivity index (χ0v) is 12.9. The van der Waals surface area contributed by atoms with Crippen LogP contribution in [0.25, 0.3) is 0 Å². The Labute approximate surface area is 126 Å². The van der Waals surface area contributed by atoms with E-state index in [0.717, 1.165) is 0 Å². The summed E-state index contributed by atoms with van der Waals surface area (Å²) in [5, 5.41) is 3.61. The van der Waals surface area contributed by atoms with Gasteiger partial charge >= 0.3 is 6.18 Å². The first-order valence-electron chi connectivity index (χ1n) is 6.81. The number of aryl methyl sites for hydroxylation is 1. The van der Waals surface area contributed by atoms with E-state index in [4.69, 9.17) is 4.52 Å². The van der Waals surface area contributed by atoms with E-state index in [1.54, 1.807) is 6.92 Å². The van der Waals surface area contributed by atoms with Crippen molar-refractivity contribution >= 4 is 10.0 Å². The van der Waals surface area contributed by atoms with Crippen LogP contribution in [0.2, 0.25) is 0 Å². The smallest absolute Gasteiger partial charge is 0.361 e. The van der Waals surface area contributed by atoms with E-state index >= 15 is 0 Å². The summed E-state index contributed by atoms with van der Waals surface area (Å²) in [5.41, 5.74) is 0.301. The van der Waals surface area contributed by atoms with Gasteiger partial charge in [0, 0.05) is 19.2 Å². The Hall–Kier alpha value is -1.13. The predicted molar refractivity (Wildman–Crippen MR) is 72.5 cm³/mol. The third kappa shape index (κ3) is 5.58. The number of halogens is 3. The van der Waals surface area contributed by atoms with Crippen molar-refractivity contribution in [2.75, 3.05) is 26.2 Å². The first-order valence-corrected chi connectivity index (χ1v) is 8.47. The second kappa shape index (κ2) is 6.55. The molecule has 22 heavy (non-hydrogen) atoms. The second-order valence-corrected chi connectivity index (χ2v) is 7.35. The molecule has 0 spiro atoms. The highest BCUT2D eigenvalue weighted by molar-refractivity contribution is 7.88. The van der Waals surface area contributed by atoms with Gasteiger partial charge < -0.3 is 4.52 Å². The van der Waals surface area contributed by atoms with E-state index in [2.05, 4.69) is 9.88 Å². The second-order valence-electron chi connectivity index (χ2n) is 5.54. The van der Waals surface area contributed by atoms with Crippen LogP contribution in [0.5, 0.6) is 0 Å². The highest BCUT2D eigenvalue weighted by Crippen LogP contribution is 2.22. The fourth-order valence-electron chi connectivity index (χ4n) is 2.45. The van der Waals surface area contributed by atoms with Crippen LogP contribution >= 0.6 is 0 Å². The Kier molecular flexibility index (Phi) is 5.13. The molecule has 2 heterocycles. The van der Waals surface area contributed by atoms with Gasteiger partial charge in [0.2, 0.25) is 10.0 Å². The molecular weight excluding hydrogens is 323 g/mol. The topological polar surface area (TPSA) is 75.4 Å². The average molecular weight is 341 g/mol. The molecule has 2 rings (SSSR count). The minimum Gasteiger partial charge on any atom is -0.361 e. The number of nitrogens with one attached hydrogen (secondary N) is 1. The molecular formula is C12H18F3N3O3S. The number of nitrogens with zero attached hydrogens (tertiary/aromatic N) is 2. The molecule has 1 aliphatic heterocycles. The number of sulfonamides is 1. The number of rotatable bonds is 6. The molecule has 1 saturated heterocycles. The first kappa shape index (κ1) is 17.2. The predicted octanol–water partition coefficient (Wildman–Crippen LogP) is 1.29. The summed E-state index contributed by atoms with van der Waals surface area (Å²) in [6.07, 6.45) is -3.68. The van der Waals surface area contributed by atoms with Gasteiger partial charge in [-0.15, -0.1) is 0 Å². The Morgan fingerprint density at radius 1 is 1.50 bits per heavy atom. The summed E-state index contributed by atoms with van der Waals surface area (Å²) >= 11 is 0. The van der Waals surface area contributed by atoms with Gasteiger partial charge in [0.25, 0.3) is 0 Å². The molecule has 0 amide bonds. The summed E-state index contributed by atoms with van der Waals surface area (Å²) < 4.78 is 67.9. The fourth-order valence-corrected chi connectivity index (χ4v) is 3.57. The molecule has 1 fully saturated rings. The summed E-state index contributed by atoms with van der Waals surface area (Å²) in [7, 11) is -3.57. The van der Waals surface area contributed by atoms with E-state index < -0.39 is 22.7 Å². The molecule has 1 N–H and O–H groups in total. The fraction of sp³-hybridized carbons (Fsp3) is 0.750. The monoisotopic (exact) mass is 341 g/mol. The number of likely N-dealkylation sites (tertiary alicyclic amines) is 1. The minimum absolute atomic E-state index is 0.115. The van der Waals surface area contributed by atoms with E-state index in [-0.39, 0.29) is 24.8 Å². The lowest BCUT2D eigenvalue weighted by molar-refractivity contribution is -0.143. The minimum atomic E-state index is -4.22. The molecule has 1 aromatic heterocycles. The highest BCUT2D eigenvalue weighted by Gasteiger charge is 2.34. The van der Waals surface area contributed by atoms with Gasteiger partial charge in [0.05, 0.1) is 6.54 Å². The van der Waals surface area contributed by atoms with Crippen LogP contribution in [-0.4, -0.2) is 50.8 Å². The van der Waals surface area contributed by atoms with Gasteiger partial charge in [0.1, 0.15) is 17.2 Å². The standard InChI is InChI=1S/C12H18F3N3O3S/c1-9-4-11(17-21-9)7-22(19,20)16-5-10-2-3-18(6-10)8-12(13,14)15/h4,10,16H,2-3,5-8H2,1H3. The third-order valence-corrected chi connectivity index (χ3v) is 4.66. The van der Waals surface area contributed by atoms with E-state index in [9.17, 15) is 21.6 Å². The molecule has 10 heteroatoms. The maximum Gasteiger partial charge on any atom is 0.401 e.